The van der Waals surface area contributed by atoms with Crippen LogP contribution in [-0.4, -0.2) is 42.0 Å². The predicted octanol–water partition coefficient (Wildman–Crippen LogP) is 3.09. The van der Waals surface area contributed by atoms with E-state index in [1.165, 1.54) is 0 Å². The number of amides is 1. The Morgan fingerprint density at radius 3 is 2.61 bits per heavy atom. The van der Waals surface area contributed by atoms with Crippen molar-refractivity contribution in [1.82, 2.24) is 15.2 Å². The van der Waals surface area contributed by atoms with Gasteiger partial charge in [0, 0.05) is 42.5 Å². The van der Waals surface area contributed by atoms with Gasteiger partial charge in [0.2, 0.25) is 0 Å². The van der Waals surface area contributed by atoms with E-state index in [9.17, 15) is 4.79 Å². The molecule has 0 saturated carbocycles. The van der Waals surface area contributed by atoms with Gasteiger partial charge in [-0.05, 0) is 18.2 Å². The average molecular weight is 326 g/mol. The second kappa shape index (κ2) is 5.80. The molecule has 4 rings (SSSR count). The number of piperazine rings is 1. The molecular weight excluding hydrogens is 310 g/mol. The molecule has 0 spiro atoms. The molecule has 1 aliphatic rings. The van der Waals surface area contributed by atoms with Crippen molar-refractivity contribution in [1.29, 1.82) is 0 Å². The smallest absolute Gasteiger partial charge is 0.254 e. The minimum atomic E-state index is 0.0551. The molecule has 23 heavy (non-hydrogen) atoms. The summed E-state index contributed by atoms with van der Waals surface area (Å²) in [5, 5.41) is 5.75. The Hall–Kier alpha value is -2.17. The minimum Gasteiger partial charge on any atom is -0.336 e. The molecule has 1 fully saturated rings. The number of fused-ring (bicyclic) bond motifs is 2. The lowest BCUT2D eigenvalue weighted by atomic mass is 10.1. The highest BCUT2D eigenvalue weighted by Gasteiger charge is 2.18. The van der Waals surface area contributed by atoms with E-state index >= 15 is 0 Å². The van der Waals surface area contributed by atoms with Gasteiger partial charge >= 0.3 is 0 Å². The summed E-state index contributed by atoms with van der Waals surface area (Å²) in [6.45, 7) is 3.16. The van der Waals surface area contributed by atoms with Crippen LogP contribution in [-0.2, 0) is 0 Å². The Kier molecular flexibility index (Phi) is 3.63. The molecule has 2 aromatic carbocycles. The SMILES string of the molecule is O=C(c1ccc2c(Cl)c3ccccc3nc2c1)N1CCNCC1. The highest BCUT2D eigenvalue weighted by Crippen LogP contribution is 2.30. The molecule has 4 nitrogen and oxygen atoms in total. The maximum absolute atomic E-state index is 12.6. The summed E-state index contributed by atoms with van der Waals surface area (Å²) < 4.78 is 0. The lowest BCUT2D eigenvalue weighted by Gasteiger charge is -2.27. The minimum absolute atomic E-state index is 0.0551. The van der Waals surface area contributed by atoms with E-state index in [0.29, 0.717) is 10.6 Å². The van der Waals surface area contributed by atoms with Gasteiger partial charge in [-0.3, -0.25) is 4.79 Å². The van der Waals surface area contributed by atoms with Gasteiger partial charge in [0.1, 0.15) is 0 Å². The Morgan fingerprint density at radius 2 is 1.78 bits per heavy atom. The molecule has 0 unspecified atom stereocenters. The summed E-state index contributed by atoms with van der Waals surface area (Å²) in [6, 6.07) is 13.4. The summed E-state index contributed by atoms with van der Waals surface area (Å²) >= 11 is 6.51. The first kappa shape index (κ1) is 14.4. The summed E-state index contributed by atoms with van der Waals surface area (Å²) in [5.41, 5.74) is 2.27. The molecular formula is C18H16ClN3O. The number of pyridine rings is 1. The molecule has 116 valence electrons. The van der Waals surface area contributed by atoms with Crippen molar-refractivity contribution in [2.45, 2.75) is 0 Å². The fourth-order valence-corrected chi connectivity index (χ4v) is 3.34. The Labute approximate surface area is 139 Å². The zero-order valence-corrected chi connectivity index (χ0v) is 13.3. The van der Waals surface area contributed by atoms with Gasteiger partial charge < -0.3 is 10.2 Å². The number of hydrogen-bond acceptors (Lipinski definition) is 3. The standard InChI is InChI=1S/C18H16ClN3O/c19-17-13-3-1-2-4-15(13)21-16-11-12(5-6-14(16)17)18(23)22-9-7-20-8-10-22/h1-6,11,20H,7-10H2. The van der Waals surface area contributed by atoms with Crippen LogP contribution in [0.5, 0.6) is 0 Å². The van der Waals surface area contributed by atoms with Crippen molar-refractivity contribution in [2.24, 2.45) is 0 Å². The van der Waals surface area contributed by atoms with Crippen LogP contribution in [0, 0.1) is 0 Å². The molecule has 0 aliphatic carbocycles. The number of para-hydroxylation sites is 1. The summed E-state index contributed by atoms with van der Waals surface area (Å²) in [5.74, 6) is 0.0551. The van der Waals surface area contributed by atoms with Crippen molar-refractivity contribution >= 4 is 39.3 Å². The molecule has 2 heterocycles. The largest absolute Gasteiger partial charge is 0.336 e. The monoisotopic (exact) mass is 325 g/mol. The van der Waals surface area contributed by atoms with Crippen molar-refractivity contribution in [2.75, 3.05) is 26.2 Å². The van der Waals surface area contributed by atoms with Gasteiger partial charge in [0.15, 0.2) is 0 Å². The Bertz CT molecular complexity index is 903. The number of carbonyl (C=O) groups excluding carboxylic acids is 1. The van der Waals surface area contributed by atoms with Gasteiger partial charge in [0.05, 0.1) is 16.1 Å². The van der Waals surface area contributed by atoms with E-state index < -0.39 is 0 Å². The van der Waals surface area contributed by atoms with Gasteiger partial charge in [-0.25, -0.2) is 4.98 Å². The molecule has 1 aliphatic heterocycles. The Morgan fingerprint density at radius 1 is 1.04 bits per heavy atom. The second-order valence-corrected chi connectivity index (χ2v) is 6.10. The summed E-state index contributed by atoms with van der Waals surface area (Å²) in [4.78, 5) is 19.2. The van der Waals surface area contributed by atoms with E-state index in [1.54, 1.807) is 0 Å². The number of nitrogens with zero attached hydrogens (tertiary/aromatic N) is 2. The number of halogens is 1. The van der Waals surface area contributed by atoms with Crippen LogP contribution in [0.1, 0.15) is 10.4 Å². The Balaban J connectivity index is 1.81. The fraction of sp³-hybridized carbons (Fsp3) is 0.222. The lowest BCUT2D eigenvalue weighted by Crippen LogP contribution is -2.46. The second-order valence-electron chi connectivity index (χ2n) is 5.72. The maximum Gasteiger partial charge on any atom is 0.254 e. The number of carbonyl (C=O) groups is 1. The van der Waals surface area contributed by atoms with Crippen molar-refractivity contribution < 1.29 is 4.79 Å². The summed E-state index contributed by atoms with van der Waals surface area (Å²) in [6.07, 6.45) is 0. The number of aromatic nitrogens is 1. The molecule has 1 amide bonds. The maximum atomic E-state index is 12.6. The number of hydrogen-bond donors (Lipinski definition) is 1. The zero-order chi connectivity index (χ0) is 15.8. The van der Waals surface area contributed by atoms with Gasteiger partial charge in [0.25, 0.3) is 5.91 Å². The van der Waals surface area contributed by atoms with Crippen LogP contribution >= 0.6 is 11.6 Å². The molecule has 0 atom stereocenters. The van der Waals surface area contributed by atoms with Gasteiger partial charge in [-0.15, -0.1) is 0 Å². The lowest BCUT2D eigenvalue weighted by molar-refractivity contribution is 0.0736. The van der Waals surface area contributed by atoms with Crippen LogP contribution < -0.4 is 5.32 Å². The molecule has 1 N–H and O–H groups in total. The molecule has 5 heteroatoms. The van der Waals surface area contributed by atoms with Crippen LogP contribution in [0.4, 0.5) is 0 Å². The molecule has 3 aromatic rings. The topological polar surface area (TPSA) is 45.2 Å². The highest BCUT2D eigenvalue weighted by molar-refractivity contribution is 6.40. The van der Waals surface area contributed by atoms with Crippen LogP contribution in [0.15, 0.2) is 42.5 Å². The van der Waals surface area contributed by atoms with Crippen molar-refractivity contribution in [3.63, 3.8) is 0 Å². The van der Waals surface area contributed by atoms with Gasteiger partial charge in [-0.2, -0.15) is 0 Å². The van der Waals surface area contributed by atoms with Crippen LogP contribution in [0.3, 0.4) is 0 Å². The first-order chi connectivity index (χ1) is 11.2. The molecule has 1 aromatic heterocycles. The molecule has 0 bridgehead atoms. The van der Waals surface area contributed by atoms with E-state index in [4.69, 9.17) is 11.6 Å². The highest BCUT2D eigenvalue weighted by atomic mass is 35.5. The third-order valence-corrected chi connectivity index (χ3v) is 4.67. The van der Waals surface area contributed by atoms with Crippen molar-refractivity contribution in [3.8, 4) is 0 Å². The fourth-order valence-electron chi connectivity index (χ4n) is 3.02. The van der Waals surface area contributed by atoms with E-state index in [1.807, 2.05) is 47.4 Å². The number of nitrogens with one attached hydrogen (secondary N) is 1. The van der Waals surface area contributed by atoms with Gasteiger partial charge in [-0.1, -0.05) is 35.9 Å². The molecule has 0 radical (unpaired) electrons. The van der Waals surface area contributed by atoms with E-state index in [0.717, 1.165) is 48.0 Å². The van der Waals surface area contributed by atoms with Crippen LogP contribution in [0.25, 0.3) is 21.8 Å². The van der Waals surface area contributed by atoms with E-state index in [-0.39, 0.29) is 5.91 Å². The normalized spacial score (nSPS) is 15.3. The third kappa shape index (κ3) is 2.54. The number of rotatable bonds is 1. The first-order valence-corrected chi connectivity index (χ1v) is 8.10. The van der Waals surface area contributed by atoms with Crippen LogP contribution in [0.2, 0.25) is 5.02 Å². The number of benzene rings is 2. The predicted molar refractivity (Wildman–Crippen MR) is 93.0 cm³/mol. The zero-order valence-electron chi connectivity index (χ0n) is 12.6. The summed E-state index contributed by atoms with van der Waals surface area (Å²) in [7, 11) is 0. The molecule has 1 saturated heterocycles. The average Bonchev–Trinajstić information content (AvgIpc) is 2.61. The third-order valence-electron chi connectivity index (χ3n) is 4.27. The quantitative estimate of drug-likeness (QED) is 0.699. The van der Waals surface area contributed by atoms with Crippen molar-refractivity contribution in [3.05, 3.63) is 53.1 Å². The van der Waals surface area contributed by atoms with E-state index in [2.05, 4.69) is 10.3 Å². The first-order valence-electron chi connectivity index (χ1n) is 7.72.